The Balaban J connectivity index is 1.77. The Kier molecular flexibility index (Phi) is 7.22. The second-order valence-corrected chi connectivity index (χ2v) is 5.85. The third-order valence-electron chi connectivity index (χ3n) is 3.77. The molecule has 2 N–H and O–H groups in total. The van der Waals surface area contributed by atoms with Gasteiger partial charge in [0.2, 0.25) is 11.6 Å². The molecule has 0 aliphatic carbocycles. The van der Waals surface area contributed by atoms with Gasteiger partial charge in [0.15, 0.2) is 17.4 Å². The highest BCUT2D eigenvalue weighted by atomic mass is 19.2. The van der Waals surface area contributed by atoms with Crippen molar-refractivity contribution in [3.63, 3.8) is 0 Å². The maximum atomic E-state index is 13.4. The van der Waals surface area contributed by atoms with Gasteiger partial charge in [-0.3, -0.25) is 0 Å². The summed E-state index contributed by atoms with van der Waals surface area (Å²) >= 11 is 0. The van der Waals surface area contributed by atoms with Crippen LogP contribution in [0.5, 0.6) is 5.75 Å². The Morgan fingerprint density at radius 1 is 1.11 bits per heavy atom. The third-order valence-corrected chi connectivity index (χ3v) is 3.77. The lowest BCUT2D eigenvalue weighted by atomic mass is 10.1. The summed E-state index contributed by atoms with van der Waals surface area (Å²) in [7, 11) is 0. The van der Waals surface area contributed by atoms with Crippen molar-refractivity contribution < 1.29 is 41.7 Å². The number of hydrogen-bond donors (Lipinski definition) is 2. The fourth-order valence-corrected chi connectivity index (χ4v) is 2.37. The molecule has 1 saturated heterocycles. The van der Waals surface area contributed by atoms with Crippen LogP contribution in [-0.4, -0.2) is 54.5 Å². The fraction of sp³-hybridized carbons (Fsp3) is 0.500. The van der Waals surface area contributed by atoms with Gasteiger partial charge in [-0.05, 0) is 19.3 Å². The van der Waals surface area contributed by atoms with Crippen molar-refractivity contribution in [2.45, 2.75) is 25.4 Å². The Morgan fingerprint density at radius 2 is 1.70 bits per heavy atom. The van der Waals surface area contributed by atoms with Crippen LogP contribution in [0.4, 0.5) is 27.2 Å². The molecular weight excluding hydrogens is 376 g/mol. The van der Waals surface area contributed by atoms with Gasteiger partial charge in [-0.25, -0.2) is 18.4 Å². The van der Waals surface area contributed by atoms with Gasteiger partial charge in [0, 0.05) is 19.2 Å². The van der Waals surface area contributed by atoms with E-state index in [1.807, 2.05) is 0 Å². The fourth-order valence-electron chi connectivity index (χ4n) is 2.37. The molecule has 0 aromatic heterocycles. The van der Waals surface area contributed by atoms with Crippen molar-refractivity contribution in [1.29, 1.82) is 0 Å². The summed E-state index contributed by atoms with van der Waals surface area (Å²) in [5, 5.41) is 11.7. The second-order valence-electron chi connectivity index (χ2n) is 5.85. The predicted octanol–water partition coefficient (Wildman–Crippen LogP) is 2.31. The Hall–Kier alpha value is -2.56. The summed E-state index contributed by atoms with van der Waals surface area (Å²) in [4.78, 5) is 24.6. The zero-order valence-corrected chi connectivity index (χ0v) is 14.1. The highest BCUT2D eigenvalue weighted by Crippen LogP contribution is 2.26. The molecule has 0 spiro atoms. The molecule has 1 heterocycles. The van der Waals surface area contributed by atoms with Crippen LogP contribution in [0.1, 0.15) is 19.3 Å². The zero-order valence-electron chi connectivity index (χ0n) is 14.1. The van der Waals surface area contributed by atoms with E-state index >= 15 is 0 Å². The van der Waals surface area contributed by atoms with Gasteiger partial charge in [0.25, 0.3) is 0 Å². The monoisotopic (exact) mass is 394 g/mol. The topological polar surface area (TPSA) is 88.1 Å². The van der Waals surface area contributed by atoms with Crippen molar-refractivity contribution in [2.24, 2.45) is 0 Å². The molecule has 1 aromatic rings. The number of likely N-dealkylation sites (tertiary alicyclic amines) is 1. The minimum atomic E-state index is -1.75. The standard InChI is InChI=1S/C16H18F4N2O5/c17-10-6-11(18)13(20)14(12(10)19)26-8-9(23)7-21-15(24)27-16(25)22-4-2-1-3-5-22/h6,9,23H,1-5,7-8H2,(H,21,24)/t9-/m0/s1. The van der Waals surface area contributed by atoms with Crippen LogP contribution >= 0.6 is 0 Å². The molecule has 1 aliphatic rings. The molecule has 1 aliphatic heterocycles. The van der Waals surface area contributed by atoms with Gasteiger partial charge in [-0.15, -0.1) is 0 Å². The largest absolute Gasteiger partial charge is 0.485 e. The first-order valence-electron chi connectivity index (χ1n) is 8.18. The van der Waals surface area contributed by atoms with E-state index in [0.29, 0.717) is 13.1 Å². The van der Waals surface area contributed by atoms with Crippen LogP contribution in [0.3, 0.4) is 0 Å². The number of alkyl carbamates (subject to hydrolysis) is 1. The predicted molar refractivity (Wildman–Crippen MR) is 83.1 cm³/mol. The first kappa shape index (κ1) is 20.7. The SMILES string of the molecule is O=C(NC[C@H](O)COc1c(F)c(F)cc(F)c1F)OC(=O)N1CCCCC1. The number of amides is 2. The van der Waals surface area contributed by atoms with Crippen molar-refractivity contribution in [2.75, 3.05) is 26.2 Å². The maximum Gasteiger partial charge on any atom is 0.418 e. The van der Waals surface area contributed by atoms with E-state index in [2.05, 4.69) is 14.8 Å². The highest BCUT2D eigenvalue weighted by molar-refractivity contribution is 5.83. The first-order valence-corrected chi connectivity index (χ1v) is 8.18. The zero-order chi connectivity index (χ0) is 20.0. The number of carbonyl (C=O) groups is 2. The summed E-state index contributed by atoms with van der Waals surface area (Å²) in [5.74, 6) is -8.14. The Labute approximate surface area is 151 Å². The van der Waals surface area contributed by atoms with Gasteiger partial charge in [-0.2, -0.15) is 8.78 Å². The first-order chi connectivity index (χ1) is 12.8. The van der Waals surface area contributed by atoms with E-state index < -0.39 is 60.5 Å². The number of nitrogens with zero attached hydrogens (tertiary/aromatic N) is 1. The summed E-state index contributed by atoms with van der Waals surface area (Å²) in [6.45, 7) is -0.321. The third kappa shape index (κ3) is 5.71. The maximum absolute atomic E-state index is 13.4. The number of halogens is 4. The van der Waals surface area contributed by atoms with Gasteiger partial charge in [0.1, 0.15) is 12.7 Å². The summed E-state index contributed by atoms with van der Waals surface area (Å²) in [6.07, 6.45) is -0.844. The van der Waals surface area contributed by atoms with Gasteiger partial charge in [-0.1, -0.05) is 0 Å². The molecule has 150 valence electrons. The number of aliphatic hydroxyl groups is 1. The number of hydrogen-bond acceptors (Lipinski definition) is 5. The highest BCUT2D eigenvalue weighted by Gasteiger charge is 2.23. The molecule has 0 radical (unpaired) electrons. The molecule has 11 heteroatoms. The average molecular weight is 394 g/mol. The molecule has 1 fully saturated rings. The van der Waals surface area contributed by atoms with E-state index in [-0.39, 0.29) is 6.07 Å². The summed E-state index contributed by atoms with van der Waals surface area (Å²) in [6, 6.07) is 0.0187. The summed E-state index contributed by atoms with van der Waals surface area (Å²) in [5.41, 5.74) is 0. The molecular formula is C16H18F4N2O5. The number of carbonyl (C=O) groups excluding carboxylic acids is 2. The number of ether oxygens (including phenoxy) is 2. The molecule has 1 aromatic carbocycles. The van der Waals surface area contributed by atoms with Crippen molar-refractivity contribution in [1.82, 2.24) is 10.2 Å². The van der Waals surface area contributed by atoms with E-state index in [1.165, 1.54) is 4.90 Å². The van der Waals surface area contributed by atoms with Crippen LogP contribution in [0.25, 0.3) is 0 Å². The molecule has 7 nitrogen and oxygen atoms in total. The number of piperidine rings is 1. The van der Waals surface area contributed by atoms with Crippen LogP contribution in [-0.2, 0) is 4.74 Å². The lowest BCUT2D eigenvalue weighted by Gasteiger charge is -2.25. The number of aliphatic hydroxyl groups excluding tert-OH is 1. The summed E-state index contributed by atoms with van der Waals surface area (Å²) < 4.78 is 62.0. The lowest BCUT2D eigenvalue weighted by Crippen LogP contribution is -2.41. The lowest BCUT2D eigenvalue weighted by molar-refractivity contribution is 0.0901. The minimum absolute atomic E-state index is 0.0187. The van der Waals surface area contributed by atoms with Crippen LogP contribution < -0.4 is 10.1 Å². The molecule has 0 bridgehead atoms. The second kappa shape index (κ2) is 9.40. The molecule has 0 saturated carbocycles. The number of nitrogens with one attached hydrogen (secondary N) is 1. The van der Waals surface area contributed by atoms with Crippen molar-refractivity contribution >= 4 is 12.2 Å². The molecule has 1 atom stereocenters. The van der Waals surface area contributed by atoms with E-state index in [9.17, 15) is 32.3 Å². The van der Waals surface area contributed by atoms with Gasteiger partial charge < -0.3 is 24.8 Å². The Bertz CT molecular complexity index is 672. The minimum Gasteiger partial charge on any atom is -0.485 e. The molecule has 27 heavy (non-hydrogen) atoms. The van der Waals surface area contributed by atoms with E-state index in [4.69, 9.17) is 0 Å². The molecule has 2 amide bonds. The van der Waals surface area contributed by atoms with E-state index in [1.54, 1.807) is 0 Å². The van der Waals surface area contributed by atoms with Crippen molar-refractivity contribution in [3.05, 3.63) is 29.3 Å². The molecule has 2 rings (SSSR count). The van der Waals surface area contributed by atoms with Crippen LogP contribution in [0.15, 0.2) is 6.07 Å². The number of benzene rings is 1. The number of rotatable bonds is 5. The van der Waals surface area contributed by atoms with Crippen LogP contribution in [0.2, 0.25) is 0 Å². The normalized spacial score (nSPS) is 15.2. The average Bonchev–Trinajstić information content (AvgIpc) is 2.65. The Morgan fingerprint density at radius 3 is 2.30 bits per heavy atom. The van der Waals surface area contributed by atoms with E-state index in [0.717, 1.165) is 19.3 Å². The molecule has 0 unspecified atom stereocenters. The smallest absolute Gasteiger partial charge is 0.418 e. The van der Waals surface area contributed by atoms with Gasteiger partial charge >= 0.3 is 12.2 Å². The van der Waals surface area contributed by atoms with Crippen LogP contribution in [0, 0.1) is 23.3 Å². The quantitative estimate of drug-likeness (QED) is 0.455. The van der Waals surface area contributed by atoms with Gasteiger partial charge in [0.05, 0.1) is 6.54 Å². The van der Waals surface area contributed by atoms with Crippen molar-refractivity contribution in [3.8, 4) is 5.75 Å².